The van der Waals surface area contributed by atoms with Crippen LogP contribution in [0.15, 0.2) is 12.3 Å². The zero-order chi connectivity index (χ0) is 14.8. The van der Waals surface area contributed by atoms with Gasteiger partial charge in [0.2, 0.25) is 0 Å². The fraction of sp³-hybridized carbons (Fsp3) is 0.643. The summed E-state index contributed by atoms with van der Waals surface area (Å²) in [5, 5.41) is 14.2. The molecule has 3 rings (SSSR count). The summed E-state index contributed by atoms with van der Waals surface area (Å²) in [4.78, 5) is 27.0. The van der Waals surface area contributed by atoms with Crippen molar-refractivity contribution in [2.45, 2.75) is 31.7 Å². The third-order valence-electron chi connectivity index (χ3n) is 4.60. The number of halogens is 1. The molecule has 22 heavy (non-hydrogen) atoms. The van der Waals surface area contributed by atoms with Gasteiger partial charge in [0.1, 0.15) is 5.69 Å². The summed E-state index contributed by atoms with van der Waals surface area (Å²) in [6.07, 6.45) is 5.76. The Bertz CT molecular complexity index is 534. The van der Waals surface area contributed by atoms with E-state index in [0.717, 1.165) is 32.5 Å². The van der Waals surface area contributed by atoms with Crippen molar-refractivity contribution in [2.24, 2.45) is 5.92 Å². The van der Waals surface area contributed by atoms with Gasteiger partial charge in [0.05, 0.1) is 11.1 Å². The molecule has 1 atom stereocenters. The zero-order valence-corrected chi connectivity index (χ0v) is 13.1. The molecular weight excluding hydrogens is 308 g/mol. The second-order valence-electron chi connectivity index (χ2n) is 5.86. The van der Waals surface area contributed by atoms with Crippen molar-refractivity contribution in [3.8, 4) is 0 Å². The third kappa shape index (κ3) is 3.41. The summed E-state index contributed by atoms with van der Waals surface area (Å²) in [6.45, 7) is 2.57. The number of amides is 1. The average molecular weight is 329 g/mol. The number of carbonyl (C=O) groups is 1. The van der Waals surface area contributed by atoms with Gasteiger partial charge >= 0.3 is 0 Å². The summed E-state index contributed by atoms with van der Waals surface area (Å²) in [6, 6.07) is 1.92. The number of nitro groups is 1. The fourth-order valence-corrected chi connectivity index (χ4v) is 3.40. The maximum atomic E-state index is 12.3. The molecule has 2 fully saturated rings. The Balaban J connectivity index is 0.00000176. The molecule has 3 heterocycles. The first-order valence-electron chi connectivity index (χ1n) is 7.50. The molecule has 2 aliphatic rings. The second kappa shape index (κ2) is 7.11. The van der Waals surface area contributed by atoms with E-state index in [1.54, 1.807) is 4.90 Å². The number of nitrogens with zero attached hydrogens (tertiary/aromatic N) is 2. The number of aromatic nitrogens is 1. The van der Waals surface area contributed by atoms with Crippen LogP contribution in [-0.2, 0) is 0 Å². The molecule has 0 radical (unpaired) electrons. The lowest BCUT2D eigenvalue weighted by Crippen LogP contribution is -2.43. The van der Waals surface area contributed by atoms with Crippen LogP contribution in [0.1, 0.15) is 36.2 Å². The number of H-pyrrole nitrogens is 1. The van der Waals surface area contributed by atoms with Crippen LogP contribution >= 0.6 is 12.4 Å². The molecule has 0 spiro atoms. The monoisotopic (exact) mass is 328 g/mol. The number of nitrogens with one attached hydrogen (secondary N) is 2. The highest BCUT2D eigenvalue weighted by atomic mass is 35.5. The maximum Gasteiger partial charge on any atom is 0.287 e. The molecular formula is C14H21ClN4O3. The molecule has 122 valence electrons. The van der Waals surface area contributed by atoms with Crippen molar-refractivity contribution >= 4 is 24.0 Å². The van der Waals surface area contributed by atoms with E-state index in [0.29, 0.717) is 17.7 Å². The first-order valence-corrected chi connectivity index (χ1v) is 7.50. The van der Waals surface area contributed by atoms with Crippen LogP contribution in [0.2, 0.25) is 0 Å². The Morgan fingerprint density at radius 2 is 2.05 bits per heavy atom. The van der Waals surface area contributed by atoms with Crippen LogP contribution < -0.4 is 5.32 Å². The van der Waals surface area contributed by atoms with Crippen molar-refractivity contribution in [2.75, 3.05) is 19.6 Å². The number of hydrogen-bond acceptors (Lipinski definition) is 4. The predicted octanol–water partition coefficient (Wildman–Crippen LogP) is 1.95. The van der Waals surface area contributed by atoms with Gasteiger partial charge in [-0.1, -0.05) is 0 Å². The predicted molar refractivity (Wildman–Crippen MR) is 84.3 cm³/mol. The average Bonchev–Trinajstić information content (AvgIpc) is 3.18. The maximum absolute atomic E-state index is 12.3. The molecule has 7 nitrogen and oxygen atoms in total. The van der Waals surface area contributed by atoms with E-state index in [9.17, 15) is 14.9 Å². The summed E-state index contributed by atoms with van der Waals surface area (Å²) >= 11 is 0. The van der Waals surface area contributed by atoms with Gasteiger partial charge in [-0.2, -0.15) is 0 Å². The largest absolute Gasteiger partial charge is 0.351 e. The van der Waals surface area contributed by atoms with Crippen molar-refractivity contribution in [3.05, 3.63) is 28.1 Å². The summed E-state index contributed by atoms with van der Waals surface area (Å²) in [5.74, 6) is 0.510. The lowest BCUT2D eigenvalue weighted by atomic mass is 9.88. The molecule has 0 bridgehead atoms. The van der Waals surface area contributed by atoms with Gasteiger partial charge in [0.15, 0.2) is 0 Å². The van der Waals surface area contributed by atoms with Crippen LogP contribution in [0.25, 0.3) is 0 Å². The van der Waals surface area contributed by atoms with E-state index in [4.69, 9.17) is 0 Å². The highest BCUT2D eigenvalue weighted by molar-refractivity contribution is 5.93. The molecule has 2 aliphatic heterocycles. The SMILES string of the molecule is Cl.O=C(c1cc([N+](=O)[O-])c[nH]1)N1CCC(C2CCCN2)CC1. The van der Waals surface area contributed by atoms with Gasteiger partial charge in [0.25, 0.3) is 11.6 Å². The lowest BCUT2D eigenvalue weighted by Gasteiger charge is -2.34. The Labute approximate surface area is 135 Å². The molecule has 1 aromatic heterocycles. The van der Waals surface area contributed by atoms with Gasteiger partial charge < -0.3 is 15.2 Å². The molecule has 1 aromatic rings. The molecule has 0 aromatic carbocycles. The summed E-state index contributed by atoms with van der Waals surface area (Å²) < 4.78 is 0. The first kappa shape index (κ1) is 16.8. The Kier molecular flexibility index (Phi) is 5.42. The van der Waals surface area contributed by atoms with Gasteiger partial charge in [0, 0.05) is 25.2 Å². The minimum atomic E-state index is -0.495. The molecule has 2 saturated heterocycles. The van der Waals surface area contributed by atoms with Crippen molar-refractivity contribution in [1.29, 1.82) is 0 Å². The van der Waals surface area contributed by atoms with E-state index in [2.05, 4.69) is 10.3 Å². The van der Waals surface area contributed by atoms with Gasteiger partial charge in [-0.05, 0) is 38.1 Å². The van der Waals surface area contributed by atoms with Crippen molar-refractivity contribution < 1.29 is 9.72 Å². The van der Waals surface area contributed by atoms with Gasteiger partial charge in [-0.15, -0.1) is 12.4 Å². The van der Waals surface area contributed by atoms with Gasteiger partial charge in [-0.3, -0.25) is 14.9 Å². The third-order valence-corrected chi connectivity index (χ3v) is 4.60. The summed E-state index contributed by atoms with van der Waals surface area (Å²) in [5.41, 5.74) is 0.238. The lowest BCUT2D eigenvalue weighted by molar-refractivity contribution is -0.384. The normalized spacial score (nSPS) is 22.4. The Hall–Kier alpha value is -1.60. The minimum Gasteiger partial charge on any atom is -0.351 e. The zero-order valence-electron chi connectivity index (χ0n) is 12.3. The van der Waals surface area contributed by atoms with Crippen molar-refractivity contribution in [1.82, 2.24) is 15.2 Å². The van der Waals surface area contributed by atoms with E-state index < -0.39 is 4.92 Å². The first-order chi connectivity index (χ1) is 10.1. The standard InChI is InChI=1S/C14H20N4O3.ClH/c19-14(13-8-11(9-16-13)18(20)21)17-6-3-10(4-7-17)12-2-1-5-15-12;/h8-10,12,15-16H,1-7H2;1H. The van der Waals surface area contributed by atoms with E-state index in [1.807, 2.05) is 0 Å². The van der Waals surface area contributed by atoms with Crippen molar-refractivity contribution in [3.63, 3.8) is 0 Å². The van der Waals surface area contributed by atoms with Crippen LogP contribution in [0.4, 0.5) is 5.69 Å². The van der Waals surface area contributed by atoms with Crippen LogP contribution in [0.3, 0.4) is 0 Å². The molecule has 8 heteroatoms. The van der Waals surface area contributed by atoms with E-state index in [1.165, 1.54) is 25.1 Å². The molecule has 1 unspecified atom stereocenters. The Morgan fingerprint density at radius 1 is 1.32 bits per heavy atom. The number of aromatic amines is 1. The number of likely N-dealkylation sites (tertiary alicyclic amines) is 1. The number of piperidine rings is 1. The fourth-order valence-electron chi connectivity index (χ4n) is 3.40. The molecule has 1 amide bonds. The number of carbonyl (C=O) groups excluding carboxylic acids is 1. The minimum absolute atomic E-state index is 0. The van der Waals surface area contributed by atoms with Crippen LogP contribution in [0, 0.1) is 16.0 Å². The molecule has 2 N–H and O–H groups in total. The highest BCUT2D eigenvalue weighted by Gasteiger charge is 2.30. The van der Waals surface area contributed by atoms with E-state index in [-0.39, 0.29) is 24.0 Å². The van der Waals surface area contributed by atoms with Crippen LogP contribution in [0.5, 0.6) is 0 Å². The quantitative estimate of drug-likeness (QED) is 0.655. The molecule has 0 saturated carbocycles. The van der Waals surface area contributed by atoms with Gasteiger partial charge in [-0.25, -0.2) is 0 Å². The highest BCUT2D eigenvalue weighted by Crippen LogP contribution is 2.26. The summed E-state index contributed by atoms with van der Waals surface area (Å²) in [7, 11) is 0. The number of rotatable bonds is 3. The smallest absolute Gasteiger partial charge is 0.287 e. The Morgan fingerprint density at radius 3 is 2.59 bits per heavy atom. The topological polar surface area (TPSA) is 91.3 Å². The van der Waals surface area contributed by atoms with Crippen LogP contribution in [-0.4, -0.2) is 46.4 Å². The molecule has 0 aliphatic carbocycles. The second-order valence-corrected chi connectivity index (χ2v) is 5.86. The number of hydrogen-bond donors (Lipinski definition) is 2. The van der Waals surface area contributed by atoms with E-state index >= 15 is 0 Å².